The van der Waals surface area contributed by atoms with Crippen LogP contribution in [0, 0.1) is 30.6 Å². The molecule has 4 saturated heterocycles. The van der Waals surface area contributed by atoms with Gasteiger partial charge in [0.15, 0.2) is 12.5 Å². The van der Waals surface area contributed by atoms with Crippen LogP contribution in [0.25, 0.3) is 0 Å². The lowest BCUT2D eigenvalue weighted by Gasteiger charge is -2.25. The van der Waals surface area contributed by atoms with Gasteiger partial charge in [-0.2, -0.15) is 8.42 Å². The van der Waals surface area contributed by atoms with Crippen LogP contribution < -0.4 is 0 Å². The molecule has 2 amide bonds. The molecule has 8 unspecified atom stereocenters. The number of hydrogen-bond donors (Lipinski definition) is 1. The van der Waals surface area contributed by atoms with Gasteiger partial charge in [-0.3, -0.25) is 13.8 Å². The first-order chi connectivity index (χ1) is 23.2. The van der Waals surface area contributed by atoms with Gasteiger partial charge in [-0.05, 0) is 56.6 Å². The summed E-state index contributed by atoms with van der Waals surface area (Å²) in [5.41, 5.74) is 3.00. The number of carbonyl (C=O) groups is 2. The number of amides is 2. The Morgan fingerprint density at radius 3 is 1.73 bits per heavy atom. The molecule has 252 valence electrons. The highest BCUT2D eigenvalue weighted by Crippen LogP contribution is 2.51. The first kappa shape index (κ1) is 31.6. The Hall–Kier alpha value is -3.61. The normalized spacial score (nSPS) is 34.9. The molecule has 3 aromatic rings. The van der Waals surface area contributed by atoms with Crippen molar-refractivity contribution in [2.75, 3.05) is 13.2 Å². The van der Waals surface area contributed by atoms with Gasteiger partial charge in [0.25, 0.3) is 10.1 Å². The average Bonchev–Trinajstić information content (AvgIpc) is 3.93. The molecule has 48 heavy (non-hydrogen) atoms. The summed E-state index contributed by atoms with van der Waals surface area (Å²) in [6, 6.07) is 26.4. The quantitative estimate of drug-likeness (QED) is 0.397. The Kier molecular flexibility index (Phi) is 8.16. The number of aryl methyl sites for hydroxylation is 1. The Bertz CT molecular complexity index is 1770. The molecule has 4 heterocycles. The van der Waals surface area contributed by atoms with Gasteiger partial charge in [0, 0.05) is 23.0 Å². The van der Waals surface area contributed by atoms with E-state index in [0.29, 0.717) is 32.5 Å². The molecule has 0 spiro atoms. The number of hydrogen-bond acceptors (Lipinski definition) is 8. The summed E-state index contributed by atoms with van der Waals surface area (Å²) in [5.74, 6) is 0.358. The van der Waals surface area contributed by atoms with E-state index in [-0.39, 0.29) is 71.0 Å². The Balaban J connectivity index is 0.000000153. The highest BCUT2D eigenvalue weighted by molar-refractivity contribution is 7.86. The number of nitrogens with zero attached hydrogens (tertiary/aromatic N) is 2. The van der Waals surface area contributed by atoms with E-state index in [2.05, 4.69) is 0 Å². The maximum absolute atomic E-state index is 13.1. The van der Waals surface area contributed by atoms with Crippen molar-refractivity contribution in [3.63, 3.8) is 0 Å². The van der Waals surface area contributed by atoms with E-state index in [1.165, 1.54) is 0 Å². The van der Waals surface area contributed by atoms with E-state index in [1.54, 1.807) is 24.3 Å². The standard InChI is InChI=1S/C22H23NO5S.C15H17NO3/c1-14-7-9-17(10-8-14)29(25,26)28-16-11-18-19(12-16)21(24)23-20(18)13-27-22(23)15-5-3-2-4-6-15;17-10-6-11-12(7-10)14(18)16-13(11)8-19-15(16)9-4-2-1-3-5-9/h2-10,16,18-20,22H,11-13H2,1H3;1-5,10-13,15,17H,6-8H2/t16?,18-,19?,20?,22?;10?,11-,12?,13?,15?/m00/s1. The van der Waals surface area contributed by atoms with Crippen molar-refractivity contribution >= 4 is 21.9 Å². The van der Waals surface area contributed by atoms with Crippen molar-refractivity contribution in [3.8, 4) is 0 Å². The van der Waals surface area contributed by atoms with E-state index >= 15 is 0 Å². The van der Waals surface area contributed by atoms with Crippen LogP contribution in [0.15, 0.2) is 89.8 Å². The number of rotatable bonds is 5. The summed E-state index contributed by atoms with van der Waals surface area (Å²) in [5, 5.41) is 9.74. The maximum atomic E-state index is 13.1. The Labute approximate surface area is 280 Å². The third kappa shape index (κ3) is 5.45. The minimum absolute atomic E-state index is 0.00936. The van der Waals surface area contributed by atoms with Crippen molar-refractivity contribution in [3.05, 3.63) is 102 Å². The summed E-state index contributed by atoms with van der Waals surface area (Å²) < 4.78 is 42.6. The maximum Gasteiger partial charge on any atom is 0.297 e. The molecule has 9 rings (SSSR count). The first-order valence-corrected chi connectivity index (χ1v) is 18.3. The fourth-order valence-corrected chi connectivity index (χ4v) is 10.00. The predicted molar refractivity (Wildman–Crippen MR) is 173 cm³/mol. The van der Waals surface area contributed by atoms with Crippen LogP contribution in [-0.4, -0.2) is 72.6 Å². The minimum atomic E-state index is -3.84. The second-order valence-corrected chi connectivity index (χ2v) is 15.5. The number of aliphatic hydroxyl groups is 1. The van der Waals surface area contributed by atoms with Crippen molar-refractivity contribution in [2.24, 2.45) is 23.7 Å². The van der Waals surface area contributed by atoms with Crippen LogP contribution in [0.2, 0.25) is 0 Å². The molecule has 3 aromatic carbocycles. The highest BCUT2D eigenvalue weighted by atomic mass is 32.2. The lowest BCUT2D eigenvalue weighted by atomic mass is 9.94. The second-order valence-electron chi connectivity index (χ2n) is 13.9. The lowest BCUT2D eigenvalue weighted by molar-refractivity contribution is -0.138. The van der Waals surface area contributed by atoms with Crippen molar-refractivity contribution in [1.82, 2.24) is 9.80 Å². The van der Waals surface area contributed by atoms with Crippen molar-refractivity contribution in [1.29, 1.82) is 0 Å². The molecular formula is C37H40N2O8S. The Morgan fingerprint density at radius 2 is 1.19 bits per heavy atom. The molecule has 0 aromatic heterocycles. The zero-order valence-electron chi connectivity index (χ0n) is 26.7. The van der Waals surface area contributed by atoms with Gasteiger partial charge in [0.1, 0.15) is 0 Å². The molecule has 6 aliphatic rings. The van der Waals surface area contributed by atoms with Gasteiger partial charge in [-0.1, -0.05) is 78.4 Å². The lowest BCUT2D eigenvalue weighted by Crippen LogP contribution is -2.34. The average molecular weight is 673 g/mol. The van der Waals surface area contributed by atoms with Gasteiger partial charge < -0.3 is 24.4 Å². The highest BCUT2D eigenvalue weighted by Gasteiger charge is 2.59. The van der Waals surface area contributed by atoms with Gasteiger partial charge >= 0.3 is 0 Å². The number of carbonyl (C=O) groups excluding carboxylic acids is 2. The molecular weight excluding hydrogens is 632 g/mol. The monoisotopic (exact) mass is 672 g/mol. The van der Waals surface area contributed by atoms with E-state index in [0.717, 1.165) is 23.1 Å². The van der Waals surface area contributed by atoms with Crippen molar-refractivity contribution in [2.45, 2.75) is 74.2 Å². The largest absolute Gasteiger partial charge is 0.393 e. The molecule has 2 saturated carbocycles. The van der Waals surface area contributed by atoms with Crippen molar-refractivity contribution < 1.29 is 36.8 Å². The molecule has 4 aliphatic heterocycles. The fraction of sp³-hybridized carbons (Fsp3) is 0.459. The van der Waals surface area contributed by atoms with Gasteiger partial charge in [0.05, 0.1) is 42.4 Å². The SMILES string of the molecule is Cc1ccc(S(=O)(=O)OC2CC3C(=O)N4C(c5ccccc5)OCC4[C@H]3C2)cc1.O=C1C2CC(O)C[C@@H]2C2COC(c3ccccc3)N12. The molecule has 10 nitrogen and oxygen atoms in total. The second kappa shape index (κ2) is 12.4. The van der Waals surface area contributed by atoms with Gasteiger partial charge in [0.2, 0.25) is 11.8 Å². The molecule has 2 aliphatic carbocycles. The van der Waals surface area contributed by atoms with Crippen LogP contribution in [0.4, 0.5) is 0 Å². The minimum Gasteiger partial charge on any atom is -0.393 e. The molecule has 1 N–H and O–H groups in total. The summed E-state index contributed by atoms with van der Waals surface area (Å²) in [6.45, 7) is 2.97. The summed E-state index contributed by atoms with van der Waals surface area (Å²) >= 11 is 0. The third-order valence-corrected chi connectivity index (χ3v) is 12.5. The van der Waals surface area contributed by atoms with Gasteiger partial charge in [-0.25, -0.2) is 0 Å². The molecule has 11 heteroatoms. The van der Waals surface area contributed by atoms with Crippen LogP contribution in [0.1, 0.15) is 54.8 Å². The number of fused-ring (bicyclic) bond motifs is 6. The number of ether oxygens (including phenoxy) is 2. The smallest absolute Gasteiger partial charge is 0.297 e. The van der Waals surface area contributed by atoms with Crippen LogP contribution in [-0.2, 0) is 33.4 Å². The Morgan fingerprint density at radius 1 is 0.688 bits per heavy atom. The molecule has 0 radical (unpaired) electrons. The molecule has 6 fully saturated rings. The topological polar surface area (TPSA) is 123 Å². The van der Waals surface area contributed by atoms with Crippen LogP contribution >= 0.6 is 0 Å². The number of benzene rings is 3. The molecule has 10 atom stereocenters. The number of aliphatic hydroxyl groups excluding tert-OH is 1. The van der Waals surface area contributed by atoms with Gasteiger partial charge in [-0.15, -0.1) is 0 Å². The first-order valence-electron chi connectivity index (χ1n) is 16.8. The summed E-state index contributed by atoms with van der Waals surface area (Å²) in [6.07, 6.45) is 0.975. The van der Waals surface area contributed by atoms with E-state index in [4.69, 9.17) is 13.7 Å². The summed E-state index contributed by atoms with van der Waals surface area (Å²) in [7, 11) is -3.84. The summed E-state index contributed by atoms with van der Waals surface area (Å²) in [4.78, 5) is 29.6. The predicted octanol–water partition coefficient (Wildman–Crippen LogP) is 4.35. The fourth-order valence-electron chi connectivity index (χ4n) is 8.90. The van der Waals surface area contributed by atoms with Crippen LogP contribution in [0.5, 0.6) is 0 Å². The van der Waals surface area contributed by atoms with E-state index in [9.17, 15) is 23.1 Å². The van der Waals surface area contributed by atoms with Crippen LogP contribution in [0.3, 0.4) is 0 Å². The zero-order valence-corrected chi connectivity index (χ0v) is 27.5. The van der Waals surface area contributed by atoms with E-state index < -0.39 is 16.2 Å². The zero-order chi connectivity index (χ0) is 33.2. The van der Waals surface area contributed by atoms with E-state index in [1.807, 2.05) is 77.4 Å². The molecule has 0 bridgehead atoms. The third-order valence-electron chi connectivity index (χ3n) is 11.1.